The summed E-state index contributed by atoms with van der Waals surface area (Å²) >= 11 is 4.79. The van der Waals surface area contributed by atoms with Gasteiger partial charge in [0.25, 0.3) is 0 Å². The summed E-state index contributed by atoms with van der Waals surface area (Å²) in [5.74, 6) is 0.680. The number of anilines is 1. The predicted octanol–water partition coefficient (Wildman–Crippen LogP) is 4.20. The van der Waals surface area contributed by atoms with Crippen LogP contribution < -0.4 is 5.32 Å². The molecule has 0 aliphatic heterocycles. The molecule has 3 nitrogen and oxygen atoms in total. The van der Waals surface area contributed by atoms with E-state index in [1.54, 1.807) is 6.20 Å². The predicted molar refractivity (Wildman–Crippen MR) is 74.3 cm³/mol. The lowest BCUT2D eigenvalue weighted by Crippen LogP contribution is -2.16. The van der Waals surface area contributed by atoms with E-state index in [0.29, 0.717) is 17.5 Å². The summed E-state index contributed by atoms with van der Waals surface area (Å²) in [6.45, 7) is 0. The number of nitrogens with zero attached hydrogens (tertiary/aromatic N) is 1. The van der Waals surface area contributed by atoms with Gasteiger partial charge in [0.05, 0.1) is 9.98 Å². The van der Waals surface area contributed by atoms with Crippen LogP contribution >= 0.6 is 27.3 Å². The Morgan fingerprint density at radius 1 is 1.41 bits per heavy atom. The van der Waals surface area contributed by atoms with Crippen LogP contribution in [-0.2, 0) is 4.79 Å². The zero-order valence-electron chi connectivity index (χ0n) is 9.75. The van der Waals surface area contributed by atoms with Crippen molar-refractivity contribution >= 4 is 38.3 Å². The Balaban J connectivity index is 1.80. The second kappa shape index (κ2) is 6.50. The van der Waals surface area contributed by atoms with E-state index in [4.69, 9.17) is 0 Å². The minimum absolute atomic E-state index is 0.110. The van der Waals surface area contributed by atoms with Gasteiger partial charge in [0.15, 0.2) is 5.13 Å². The summed E-state index contributed by atoms with van der Waals surface area (Å²) in [6, 6.07) is 0. The molecule has 0 saturated heterocycles. The van der Waals surface area contributed by atoms with Gasteiger partial charge in [0.1, 0.15) is 0 Å². The molecule has 17 heavy (non-hydrogen) atoms. The highest BCUT2D eigenvalue weighted by Crippen LogP contribution is 2.27. The highest BCUT2D eigenvalue weighted by atomic mass is 79.9. The van der Waals surface area contributed by atoms with E-state index < -0.39 is 0 Å². The number of amides is 1. The number of halogens is 1. The van der Waals surface area contributed by atoms with Crippen molar-refractivity contribution in [1.29, 1.82) is 0 Å². The van der Waals surface area contributed by atoms with Crippen LogP contribution in [0.5, 0.6) is 0 Å². The summed E-state index contributed by atoms with van der Waals surface area (Å²) in [5, 5.41) is 3.56. The number of carbonyl (C=O) groups excluding carboxylic acids is 1. The first kappa shape index (κ1) is 13.0. The molecule has 1 amide bonds. The van der Waals surface area contributed by atoms with E-state index in [0.717, 1.165) is 3.79 Å². The number of nitrogens with one attached hydrogen (secondary N) is 1. The van der Waals surface area contributed by atoms with Crippen molar-refractivity contribution in [2.75, 3.05) is 5.32 Å². The number of aromatic nitrogens is 1. The molecule has 0 spiro atoms. The molecule has 2 rings (SSSR count). The third-order valence-electron chi connectivity index (χ3n) is 3.17. The highest BCUT2D eigenvalue weighted by molar-refractivity contribution is 9.11. The molecule has 1 N–H and O–H groups in total. The molecule has 0 radical (unpaired) electrons. The van der Waals surface area contributed by atoms with Crippen molar-refractivity contribution in [2.24, 2.45) is 5.92 Å². The molecule has 94 valence electrons. The molecule has 1 saturated carbocycles. The first-order valence-corrected chi connectivity index (χ1v) is 7.76. The Morgan fingerprint density at radius 3 is 2.71 bits per heavy atom. The number of hydrogen-bond acceptors (Lipinski definition) is 3. The fraction of sp³-hybridized carbons (Fsp3) is 0.667. The maximum atomic E-state index is 11.8. The fourth-order valence-corrected chi connectivity index (χ4v) is 3.44. The number of rotatable bonds is 3. The van der Waals surface area contributed by atoms with Gasteiger partial charge in [0, 0.05) is 6.42 Å². The van der Waals surface area contributed by atoms with Crippen LogP contribution in [0.15, 0.2) is 9.98 Å². The monoisotopic (exact) mass is 316 g/mol. The number of hydrogen-bond donors (Lipinski definition) is 1. The van der Waals surface area contributed by atoms with E-state index in [-0.39, 0.29) is 5.91 Å². The second-order valence-electron chi connectivity index (χ2n) is 4.58. The summed E-state index contributed by atoms with van der Waals surface area (Å²) < 4.78 is 0.947. The molecule has 1 aromatic rings. The molecule has 0 aromatic carbocycles. The Morgan fingerprint density at radius 2 is 2.12 bits per heavy atom. The van der Waals surface area contributed by atoms with Crippen LogP contribution in [-0.4, -0.2) is 10.9 Å². The van der Waals surface area contributed by atoms with Gasteiger partial charge in [-0.3, -0.25) is 4.79 Å². The van der Waals surface area contributed by atoms with Crippen LogP contribution in [0, 0.1) is 5.92 Å². The van der Waals surface area contributed by atoms with Gasteiger partial charge in [-0.2, -0.15) is 0 Å². The lowest BCUT2D eigenvalue weighted by Gasteiger charge is -2.12. The zero-order valence-corrected chi connectivity index (χ0v) is 12.1. The molecule has 1 heterocycles. The van der Waals surface area contributed by atoms with Gasteiger partial charge in [-0.15, -0.1) is 0 Å². The Hall–Kier alpha value is -0.420. The Labute approximate surface area is 114 Å². The van der Waals surface area contributed by atoms with Crippen molar-refractivity contribution in [3.63, 3.8) is 0 Å². The average molecular weight is 317 g/mol. The Kier molecular flexibility index (Phi) is 4.98. The van der Waals surface area contributed by atoms with Gasteiger partial charge in [-0.1, -0.05) is 37.0 Å². The van der Waals surface area contributed by atoms with Crippen LogP contribution in [0.2, 0.25) is 0 Å². The molecule has 1 aromatic heterocycles. The van der Waals surface area contributed by atoms with Gasteiger partial charge < -0.3 is 5.32 Å². The summed E-state index contributed by atoms with van der Waals surface area (Å²) in [7, 11) is 0. The molecule has 1 aliphatic rings. The molecule has 1 fully saturated rings. The molecule has 5 heteroatoms. The fourth-order valence-electron chi connectivity index (χ4n) is 2.31. The van der Waals surface area contributed by atoms with Gasteiger partial charge in [-0.25, -0.2) is 4.98 Å². The van der Waals surface area contributed by atoms with Crippen LogP contribution in [0.4, 0.5) is 5.13 Å². The summed E-state index contributed by atoms with van der Waals surface area (Å²) in [4.78, 5) is 15.9. The maximum absolute atomic E-state index is 11.8. The SMILES string of the molecule is O=C(CC1CCCCCC1)Nc1ncc(Br)s1. The minimum Gasteiger partial charge on any atom is -0.302 e. The first-order chi connectivity index (χ1) is 8.24. The summed E-state index contributed by atoms with van der Waals surface area (Å²) in [6.07, 6.45) is 9.99. The van der Waals surface area contributed by atoms with Crippen molar-refractivity contribution in [3.8, 4) is 0 Å². The quantitative estimate of drug-likeness (QED) is 0.849. The smallest absolute Gasteiger partial charge is 0.226 e. The second-order valence-corrected chi connectivity index (χ2v) is 6.99. The van der Waals surface area contributed by atoms with E-state index >= 15 is 0 Å². The molecule has 0 bridgehead atoms. The van der Waals surface area contributed by atoms with Crippen LogP contribution in [0.1, 0.15) is 44.9 Å². The van der Waals surface area contributed by atoms with E-state index in [2.05, 4.69) is 26.2 Å². The topological polar surface area (TPSA) is 42.0 Å². The highest BCUT2D eigenvalue weighted by Gasteiger charge is 2.16. The van der Waals surface area contributed by atoms with Crippen molar-refractivity contribution in [1.82, 2.24) is 4.98 Å². The summed E-state index contributed by atoms with van der Waals surface area (Å²) in [5.41, 5.74) is 0. The molecule has 0 atom stereocenters. The van der Waals surface area contributed by atoms with Gasteiger partial charge in [-0.05, 0) is 34.7 Å². The lowest BCUT2D eigenvalue weighted by atomic mass is 9.96. The van der Waals surface area contributed by atoms with Crippen LogP contribution in [0.25, 0.3) is 0 Å². The third kappa shape index (κ3) is 4.39. The largest absolute Gasteiger partial charge is 0.302 e. The van der Waals surface area contributed by atoms with E-state index in [1.807, 2.05) is 0 Å². The molecule has 1 aliphatic carbocycles. The van der Waals surface area contributed by atoms with Gasteiger partial charge in [0.2, 0.25) is 5.91 Å². The number of carbonyl (C=O) groups is 1. The molecular weight excluding hydrogens is 300 g/mol. The van der Waals surface area contributed by atoms with Gasteiger partial charge >= 0.3 is 0 Å². The van der Waals surface area contributed by atoms with Crippen molar-refractivity contribution in [3.05, 3.63) is 9.98 Å². The number of thiazole rings is 1. The molecule has 0 unspecified atom stereocenters. The first-order valence-electron chi connectivity index (χ1n) is 6.15. The lowest BCUT2D eigenvalue weighted by molar-refractivity contribution is -0.117. The maximum Gasteiger partial charge on any atom is 0.226 e. The average Bonchev–Trinajstić information content (AvgIpc) is 2.53. The van der Waals surface area contributed by atoms with Crippen LogP contribution in [0.3, 0.4) is 0 Å². The minimum atomic E-state index is 0.110. The Bertz CT molecular complexity index is 372. The van der Waals surface area contributed by atoms with Crippen molar-refractivity contribution < 1.29 is 4.79 Å². The van der Waals surface area contributed by atoms with Crippen molar-refractivity contribution in [2.45, 2.75) is 44.9 Å². The standard InChI is InChI=1S/C12H17BrN2OS/c13-10-8-14-12(17-10)15-11(16)7-9-5-3-1-2-4-6-9/h8-9H,1-7H2,(H,14,15,16). The molecular formula is C12H17BrN2OS. The third-order valence-corrected chi connectivity index (χ3v) is 4.56. The normalized spacial score (nSPS) is 17.7. The van der Waals surface area contributed by atoms with E-state index in [9.17, 15) is 4.79 Å². The van der Waals surface area contributed by atoms with E-state index in [1.165, 1.54) is 49.9 Å². The zero-order chi connectivity index (χ0) is 12.1.